The number of imidazole rings is 1. The highest BCUT2D eigenvalue weighted by atomic mass is 19.1. The summed E-state index contributed by atoms with van der Waals surface area (Å²) in [5, 5.41) is 13.2. The molecular weight excluding hydrogens is 335 g/mol. The molecule has 1 N–H and O–H groups in total. The molecule has 1 unspecified atom stereocenters. The van der Waals surface area contributed by atoms with Gasteiger partial charge in [-0.15, -0.1) is 0 Å². The molecule has 25 heavy (non-hydrogen) atoms. The maximum absolute atomic E-state index is 12.8. The molecule has 1 aliphatic heterocycles. The van der Waals surface area contributed by atoms with E-state index < -0.39 is 16.6 Å². The zero-order chi connectivity index (χ0) is 18.0. The van der Waals surface area contributed by atoms with Gasteiger partial charge in [0.1, 0.15) is 24.2 Å². The Hall–Kier alpha value is -3.17. The Morgan fingerprint density at radius 1 is 1.52 bits per heavy atom. The molecule has 0 saturated heterocycles. The van der Waals surface area contributed by atoms with Gasteiger partial charge in [0.2, 0.25) is 0 Å². The molecule has 132 valence electrons. The Morgan fingerprint density at radius 3 is 2.88 bits per heavy atom. The molecule has 3 rings (SSSR count). The molecule has 0 bridgehead atoms. The summed E-state index contributed by atoms with van der Waals surface area (Å²) in [5.74, 6) is -0.652. The smallest absolute Gasteiger partial charge is 0.415 e. The number of aromatic nitrogens is 2. The second kappa shape index (κ2) is 6.38. The van der Waals surface area contributed by atoms with Crippen LogP contribution in [0.4, 0.5) is 15.0 Å². The average Bonchev–Trinajstić information content (AvgIpc) is 3.08. The summed E-state index contributed by atoms with van der Waals surface area (Å²) < 4.78 is 24.9. The van der Waals surface area contributed by atoms with E-state index in [1.54, 1.807) is 6.92 Å². The van der Waals surface area contributed by atoms with Gasteiger partial charge in [-0.3, -0.25) is 4.57 Å². The molecule has 0 spiro atoms. The molecule has 1 aromatic carbocycles. The molecule has 1 aliphatic rings. The summed E-state index contributed by atoms with van der Waals surface area (Å²) >= 11 is 0. The zero-order valence-corrected chi connectivity index (χ0v) is 13.3. The van der Waals surface area contributed by atoms with Crippen molar-refractivity contribution in [1.29, 1.82) is 0 Å². The predicted molar refractivity (Wildman–Crippen MR) is 82.5 cm³/mol. The number of hydrogen-bond acceptors (Lipinski definition) is 6. The summed E-state index contributed by atoms with van der Waals surface area (Å²) in [7, 11) is 0. The van der Waals surface area contributed by atoms with Crippen molar-refractivity contribution < 1.29 is 23.6 Å². The second-order valence-electron chi connectivity index (χ2n) is 5.87. The fourth-order valence-corrected chi connectivity index (χ4v) is 2.41. The molecule has 1 atom stereocenters. The van der Waals surface area contributed by atoms with Crippen LogP contribution in [0.1, 0.15) is 12.5 Å². The van der Waals surface area contributed by atoms with Gasteiger partial charge in [-0.25, -0.2) is 9.18 Å². The van der Waals surface area contributed by atoms with Crippen molar-refractivity contribution in [1.82, 2.24) is 14.9 Å². The van der Waals surface area contributed by atoms with Gasteiger partial charge in [0, 0.05) is 4.98 Å². The topological polar surface area (TPSA) is 109 Å². The first kappa shape index (κ1) is 16.7. The number of nitro groups is 1. The van der Waals surface area contributed by atoms with Crippen LogP contribution in [-0.4, -0.2) is 32.7 Å². The number of fused-ring (bicyclic) bond motifs is 1. The Kier molecular flexibility index (Phi) is 4.26. The number of carbonyl (C=O) groups is 1. The first-order valence-corrected chi connectivity index (χ1v) is 7.40. The zero-order valence-electron chi connectivity index (χ0n) is 13.3. The third-order valence-electron chi connectivity index (χ3n) is 3.65. The fourth-order valence-electron chi connectivity index (χ4n) is 2.41. The minimum absolute atomic E-state index is 0.0114. The second-order valence-corrected chi connectivity index (χ2v) is 5.87. The quantitative estimate of drug-likeness (QED) is 0.653. The summed E-state index contributed by atoms with van der Waals surface area (Å²) in [4.78, 5) is 25.6. The number of halogens is 1. The van der Waals surface area contributed by atoms with E-state index in [4.69, 9.17) is 9.47 Å². The minimum Gasteiger partial charge on any atom is -0.445 e. The summed E-state index contributed by atoms with van der Waals surface area (Å²) in [5.41, 5.74) is -0.126. The van der Waals surface area contributed by atoms with Gasteiger partial charge >= 0.3 is 17.9 Å². The van der Waals surface area contributed by atoms with Crippen molar-refractivity contribution in [2.75, 3.05) is 6.54 Å². The van der Waals surface area contributed by atoms with Crippen LogP contribution in [-0.2, 0) is 17.9 Å². The van der Waals surface area contributed by atoms with Crippen LogP contribution in [0.25, 0.3) is 0 Å². The Labute approximate surface area is 141 Å². The van der Waals surface area contributed by atoms with E-state index in [0.717, 1.165) is 0 Å². The molecule has 2 aromatic rings. The van der Waals surface area contributed by atoms with Gasteiger partial charge in [-0.2, -0.15) is 0 Å². The molecule has 0 fully saturated rings. The van der Waals surface area contributed by atoms with Crippen LogP contribution in [0.3, 0.4) is 0 Å². The highest BCUT2D eigenvalue weighted by Gasteiger charge is 2.40. The number of rotatable bonds is 5. The number of nitrogens with zero attached hydrogens (tertiary/aromatic N) is 3. The van der Waals surface area contributed by atoms with Gasteiger partial charge in [-0.05, 0) is 29.5 Å². The van der Waals surface area contributed by atoms with Gasteiger partial charge < -0.3 is 24.9 Å². The van der Waals surface area contributed by atoms with Crippen LogP contribution in [0, 0.1) is 15.9 Å². The van der Waals surface area contributed by atoms with E-state index in [1.165, 1.54) is 35.0 Å². The summed E-state index contributed by atoms with van der Waals surface area (Å²) in [6, 6.07) is 5.75. The highest BCUT2D eigenvalue weighted by Crippen LogP contribution is 2.30. The molecule has 2 heterocycles. The maximum Gasteiger partial charge on any atom is 0.415 e. The molecular formula is C15H15FN4O5. The normalized spacial score (nSPS) is 18.3. The maximum atomic E-state index is 12.8. The third-order valence-corrected chi connectivity index (χ3v) is 3.65. The molecule has 0 radical (unpaired) electrons. The van der Waals surface area contributed by atoms with E-state index in [9.17, 15) is 19.3 Å². The number of carbonyl (C=O) groups excluding carboxylic acids is 1. The Balaban J connectivity index is 1.48. The summed E-state index contributed by atoms with van der Waals surface area (Å²) in [6.45, 7) is 2.19. The van der Waals surface area contributed by atoms with Crippen LogP contribution in [0.15, 0.2) is 30.5 Å². The van der Waals surface area contributed by atoms with Gasteiger partial charge in [0.15, 0.2) is 0 Å². The van der Waals surface area contributed by atoms with Crippen molar-refractivity contribution in [2.45, 2.75) is 25.7 Å². The Bertz CT molecular complexity index is 781. The molecule has 10 heteroatoms. The number of alkyl carbamates (subject to hydrolysis) is 1. The van der Waals surface area contributed by atoms with Gasteiger partial charge in [0.05, 0.1) is 13.1 Å². The lowest BCUT2D eigenvalue weighted by molar-refractivity contribution is -0.389. The molecule has 0 saturated carbocycles. The van der Waals surface area contributed by atoms with Crippen molar-refractivity contribution in [3.05, 3.63) is 52.0 Å². The highest BCUT2D eigenvalue weighted by molar-refractivity contribution is 5.67. The number of benzene rings is 1. The van der Waals surface area contributed by atoms with Gasteiger partial charge in [-0.1, -0.05) is 12.1 Å². The molecule has 9 nitrogen and oxygen atoms in total. The molecule has 1 amide bonds. The van der Waals surface area contributed by atoms with E-state index in [-0.39, 0.29) is 30.8 Å². The Morgan fingerprint density at radius 2 is 2.24 bits per heavy atom. The average molecular weight is 350 g/mol. The van der Waals surface area contributed by atoms with Crippen LogP contribution < -0.4 is 10.1 Å². The van der Waals surface area contributed by atoms with Crippen molar-refractivity contribution in [2.24, 2.45) is 0 Å². The van der Waals surface area contributed by atoms with Crippen LogP contribution >= 0.6 is 0 Å². The van der Waals surface area contributed by atoms with Gasteiger partial charge in [0.25, 0.3) is 0 Å². The van der Waals surface area contributed by atoms with E-state index in [1.807, 2.05) is 0 Å². The lowest BCUT2D eigenvalue weighted by Gasteiger charge is -2.21. The van der Waals surface area contributed by atoms with E-state index in [2.05, 4.69) is 10.3 Å². The van der Waals surface area contributed by atoms with Crippen LogP contribution in [0.2, 0.25) is 0 Å². The SMILES string of the molecule is CC1(CNC(=O)OCc2ccc(F)cc2)Cn2cc([N+](=O)[O-])nc2O1. The first-order chi connectivity index (χ1) is 11.8. The number of nitrogens with one attached hydrogen (secondary N) is 1. The largest absolute Gasteiger partial charge is 0.445 e. The first-order valence-electron chi connectivity index (χ1n) is 7.40. The standard InChI is InChI=1S/C15H15FN4O5/c1-15(9-19-6-12(20(22)23)18-13(19)25-15)8-17-14(21)24-7-10-2-4-11(16)5-3-10/h2-6H,7-9H2,1H3,(H,17,21). The minimum atomic E-state index is -0.785. The fraction of sp³-hybridized carbons (Fsp3) is 0.333. The van der Waals surface area contributed by atoms with Crippen molar-refractivity contribution >= 4 is 11.9 Å². The van der Waals surface area contributed by atoms with Crippen molar-refractivity contribution in [3.63, 3.8) is 0 Å². The number of hydrogen-bond donors (Lipinski definition) is 1. The molecule has 0 aliphatic carbocycles. The monoisotopic (exact) mass is 350 g/mol. The number of amides is 1. The van der Waals surface area contributed by atoms with Crippen molar-refractivity contribution in [3.8, 4) is 6.01 Å². The predicted octanol–water partition coefficient (Wildman–Crippen LogP) is 2.01. The van der Waals surface area contributed by atoms with E-state index >= 15 is 0 Å². The lowest BCUT2D eigenvalue weighted by atomic mass is 10.1. The molecule has 1 aromatic heterocycles. The van der Waals surface area contributed by atoms with Crippen LogP contribution in [0.5, 0.6) is 6.01 Å². The van der Waals surface area contributed by atoms with E-state index in [0.29, 0.717) is 12.1 Å². The lowest BCUT2D eigenvalue weighted by Crippen LogP contribution is -2.44. The number of ether oxygens (including phenoxy) is 2. The summed E-state index contributed by atoms with van der Waals surface area (Å²) in [6.07, 6.45) is 0.637. The third kappa shape index (κ3) is 3.84.